The minimum atomic E-state index is -1.51. The SMILES string of the molecule is [NH4+].[NH4+].[O-]B1OB(OB2OB([O-])O2)O1. The fraction of sp³-hybridized carbons (Fsp3) is 0. The van der Waals surface area contributed by atoms with Crippen LogP contribution in [0, 0.1) is 0 Å². The van der Waals surface area contributed by atoms with Crippen LogP contribution < -0.4 is 22.3 Å². The van der Waals surface area contributed by atoms with Crippen molar-refractivity contribution in [2.45, 2.75) is 0 Å². The summed E-state index contributed by atoms with van der Waals surface area (Å²) in [5.74, 6) is 0. The molecule has 0 saturated carbocycles. The molecule has 0 unspecified atom stereocenters. The zero-order chi connectivity index (χ0) is 7.84. The summed E-state index contributed by atoms with van der Waals surface area (Å²) in [5.41, 5.74) is 0. The number of hydrogen-bond acceptors (Lipinski definition) is 7. The standard InChI is InChI=1S/B4O7.2H3N/c5-1-7-3(8-1)11-4-9-2(6)10-4;;/h;2*1H3/q-2;;/p+2. The Bertz CT molecular complexity index is 129. The highest BCUT2D eigenvalue weighted by molar-refractivity contribution is 6.73. The Labute approximate surface area is 75.5 Å². The van der Waals surface area contributed by atoms with Crippen LogP contribution in [0.1, 0.15) is 0 Å². The van der Waals surface area contributed by atoms with Crippen molar-refractivity contribution >= 4 is 29.3 Å². The molecule has 8 N–H and O–H groups in total. The van der Waals surface area contributed by atoms with Crippen molar-refractivity contribution in [1.29, 1.82) is 0 Å². The lowest BCUT2D eigenvalue weighted by molar-refractivity contribution is -0.260. The maximum atomic E-state index is 10.1. The van der Waals surface area contributed by atoms with Crippen molar-refractivity contribution in [2.75, 3.05) is 0 Å². The summed E-state index contributed by atoms with van der Waals surface area (Å²) in [6.45, 7) is 0. The Kier molecular flexibility index (Phi) is 4.91. The van der Waals surface area contributed by atoms with Crippen LogP contribution >= 0.6 is 0 Å². The van der Waals surface area contributed by atoms with E-state index < -0.39 is 29.3 Å². The number of hydrogen-bond donors (Lipinski definition) is 2. The lowest BCUT2D eigenvalue weighted by atomic mass is 9.90. The third kappa shape index (κ3) is 2.95. The molecule has 0 bridgehead atoms. The van der Waals surface area contributed by atoms with Crippen LogP contribution in [-0.2, 0) is 22.9 Å². The molecule has 0 aliphatic carbocycles. The zero-order valence-corrected chi connectivity index (χ0v) is 7.17. The molecule has 2 rings (SSSR count). The highest BCUT2D eigenvalue weighted by atomic mass is 16.9. The molecule has 0 spiro atoms. The van der Waals surface area contributed by atoms with E-state index in [1.54, 1.807) is 0 Å². The van der Waals surface area contributed by atoms with Crippen LogP contribution in [0.4, 0.5) is 0 Å². The second-order valence-electron chi connectivity index (χ2n) is 1.84. The maximum absolute atomic E-state index is 10.1. The molecule has 2 aliphatic heterocycles. The first-order chi connectivity index (χ1) is 5.24. The molecule has 0 atom stereocenters. The summed E-state index contributed by atoms with van der Waals surface area (Å²) < 4.78 is 21.8. The fourth-order valence-electron chi connectivity index (χ4n) is 0.602. The Morgan fingerprint density at radius 1 is 0.769 bits per heavy atom. The van der Waals surface area contributed by atoms with E-state index in [9.17, 15) is 10.0 Å². The lowest BCUT2D eigenvalue weighted by Gasteiger charge is -2.40. The van der Waals surface area contributed by atoms with E-state index in [0.29, 0.717) is 0 Å². The summed E-state index contributed by atoms with van der Waals surface area (Å²) in [7, 11) is -5.17. The van der Waals surface area contributed by atoms with Gasteiger partial charge in [-0.1, -0.05) is 0 Å². The first kappa shape index (κ1) is 12.9. The van der Waals surface area contributed by atoms with Gasteiger partial charge in [-0.15, -0.1) is 0 Å². The summed E-state index contributed by atoms with van der Waals surface area (Å²) in [6.07, 6.45) is 0. The van der Waals surface area contributed by atoms with Crippen molar-refractivity contribution in [1.82, 2.24) is 12.3 Å². The van der Waals surface area contributed by atoms with E-state index in [4.69, 9.17) is 0 Å². The van der Waals surface area contributed by atoms with Gasteiger partial charge in [0.05, 0.1) is 0 Å². The van der Waals surface area contributed by atoms with Crippen LogP contribution in [-0.4, -0.2) is 29.3 Å². The summed E-state index contributed by atoms with van der Waals surface area (Å²) in [4.78, 5) is 0. The largest absolute Gasteiger partial charge is 0.833 e. The van der Waals surface area contributed by atoms with Gasteiger partial charge in [0.25, 0.3) is 0 Å². The molecule has 13 heteroatoms. The minimum Gasteiger partial charge on any atom is -0.833 e. The van der Waals surface area contributed by atoms with Gasteiger partial charge in [0.1, 0.15) is 0 Å². The van der Waals surface area contributed by atoms with E-state index >= 15 is 0 Å². The smallest absolute Gasteiger partial charge is 0.597 e. The zero-order valence-electron chi connectivity index (χ0n) is 7.17. The molecule has 0 aromatic heterocycles. The summed E-state index contributed by atoms with van der Waals surface area (Å²) in [6, 6.07) is 0. The van der Waals surface area contributed by atoms with E-state index in [1.807, 2.05) is 0 Å². The number of quaternary nitrogens is 2. The monoisotopic (exact) mass is 192 g/mol. The van der Waals surface area contributed by atoms with Gasteiger partial charge in [-0.25, -0.2) is 0 Å². The van der Waals surface area contributed by atoms with Crippen LogP contribution in [0.2, 0.25) is 0 Å². The molecule has 13 heavy (non-hydrogen) atoms. The highest BCUT2D eigenvalue weighted by Gasteiger charge is 2.44. The molecule has 2 fully saturated rings. The minimum absolute atomic E-state index is 0. The van der Waals surface area contributed by atoms with Crippen LogP contribution in [0.5, 0.6) is 0 Å². The van der Waals surface area contributed by atoms with E-state index in [1.165, 1.54) is 0 Å². The average molecular weight is 191 g/mol. The van der Waals surface area contributed by atoms with E-state index in [-0.39, 0.29) is 12.3 Å². The highest BCUT2D eigenvalue weighted by Crippen LogP contribution is 2.12. The van der Waals surface area contributed by atoms with Crippen molar-refractivity contribution in [2.24, 2.45) is 0 Å². The molecule has 0 aromatic carbocycles. The van der Waals surface area contributed by atoms with Crippen molar-refractivity contribution < 1.29 is 32.9 Å². The van der Waals surface area contributed by atoms with Crippen LogP contribution in [0.15, 0.2) is 0 Å². The predicted molar refractivity (Wildman–Crippen MR) is 40.4 cm³/mol. The Hall–Kier alpha value is -0.100. The van der Waals surface area contributed by atoms with E-state index in [2.05, 4.69) is 22.9 Å². The number of rotatable bonds is 2. The first-order valence-corrected chi connectivity index (χ1v) is 2.83. The molecular weight excluding hydrogens is 183 g/mol. The van der Waals surface area contributed by atoms with Gasteiger partial charge in [-0.2, -0.15) is 0 Å². The molecule has 2 saturated heterocycles. The lowest BCUT2D eigenvalue weighted by Crippen LogP contribution is -2.65. The second-order valence-corrected chi connectivity index (χ2v) is 1.84. The average Bonchev–Trinajstić information content (AvgIpc) is 1.81. The Morgan fingerprint density at radius 3 is 1.31 bits per heavy atom. The van der Waals surface area contributed by atoms with Crippen LogP contribution in [0.3, 0.4) is 0 Å². The molecule has 2 aliphatic rings. The molecule has 0 aromatic rings. The van der Waals surface area contributed by atoms with E-state index in [0.717, 1.165) is 0 Å². The van der Waals surface area contributed by atoms with Crippen LogP contribution in [0.25, 0.3) is 0 Å². The third-order valence-electron chi connectivity index (χ3n) is 1.11. The van der Waals surface area contributed by atoms with Gasteiger partial charge < -0.3 is 45.2 Å². The molecule has 72 valence electrons. The molecular formula is H8B4N2O7. The van der Waals surface area contributed by atoms with Crippen molar-refractivity contribution in [3.63, 3.8) is 0 Å². The molecule has 2 heterocycles. The first-order valence-electron chi connectivity index (χ1n) is 2.83. The molecule has 0 amide bonds. The Balaban J connectivity index is 0.000000720. The predicted octanol–water partition coefficient (Wildman–Crippen LogP) is -3.49. The second kappa shape index (κ2) is 4.95. The van der Waals surface area contributed by atoms with Crippen molar-refractivity contribution in [3.8, 4) is 0 Å². The molecule has 9 nitrogen and oxygen atoms in total. The van der Waals surface area contributed by atoms with Gasteiger partial charge in [0, 0.05) is 0 Å². The fourth-order valence-corrected chi connectivity index (χ4v) is 0.602. The van der Waals surface area contributed by atoms with Crippen molar-refractivity contribution in [3.05, 3.63) is 0 Å². The van der Waals surface area contributed by atoms with Gasteiger partial charge in [-0.3, -0.25) is 0 Å². The van der Waals surface area contributed by atoms with Gasteiger partial charge in [0.2, 0.25) is 0 Å². The van der Waals surface area contributed by atoms with Gasteiger partial charge in [-0.05, 0) is 0 Å². The maximum Gasteiger partial charge on any atom is 0.597 e. The summed E-state index contributed by atoms with van der Waals surface area (Å²) >= 11 is 0. The van der Waals surface area contributed by atoms with Gasteiger partial charge >= 0.3 is 29.3 Å². The topological polar surface area (TPSA) is 165 Å². The Morgan fingerprint density at radius 2 is 1.08 bits per heavy atom. The van der Waals surface area contributed by atoms with Gasteiger partial charge in [0.15, 0.2) is 0 Å². The normalized spacial score (nSPS) is 19.8. The summed E-state index contributed by atoms with van der Waals surface area (Å²) in [5, 5.41) is 20.2. The molecule has 0 radical (unpaired) electrons. The quantitative estimate of drug-likeness (QED) is 0.427. The third-order valence-corrected chi connectivity index (χ3v) is 1.11.